The van der Waals surface area contributed by atoms with E-state index in [0.717, 1.165) is 19.3 Å². The number of nitrogens with one attached hydrogen (secondary N) is 1. The molecule has 0 rings (SSSR count). The fraction of sp³-hybridized carbons (Fsp3) is 0.800. The van der Waals surface area contributed by atoms with Crippen molar-refractivity contribution < 1.29 is 14.4 Å². The summed E-state index contributed by atoms with van der Waals surface area (Å²) in [5.74, 6) is -0.0257. The second kappa shape index (κ2) is 8.23. The van der Waals surface area contributed by atoms with Crippen LogP contribution in [0.25, 0.3) is 0 Å². The number of hydrogen-bond donors (Lipinski definition) is 1. The summed E-state index contributed by atoms with van der Waals surface area (Å²) in [5, 5.41) is 3.94. The molecule has 0 radical (unpaired) electrons. The van der Waals surface area contributed by atoms with E-state index in [9.17, 15) is 9.59 Å². The van der Waals surface area contributed by atoms with Crippen LogP contribution in [0.2, 0.25) is 0 Å². The zero-order chi connectivity index (χ0) is 11.7. The molecule has 0 aliphatic heterocycles. The number of carbonyl (C=O) groups is 2. The molecular formula is C10H20N2O3. The monoisotopic (exact) mass is 216 g/mol. The van der Waals surface area contributed by atoms with Crippen molar-refractivity contribution in [2.45, 2.75) is 32.6 Å². The molecule has 0 aliphatic carbocycles. The van der Waals surface area contributed by atoms with Gasteiger partial charge in [-0.25, -0.2) is 5.06 Å². The van der Waals surface area contributed by atoms with Crippen LogP contribution < -0.4 is 5.32 Å². The molecule has 0 aromatic carbocycles. The summed E-state index contributed by atoms with van der Waals surface area (Å²) in [6.45, 7) is 2.18. The Balaban J connectivity index is 3.31. The minimum Gasteiger partial charge on any atom is -0.356 e. The van der Waals surface area contributed by atoms with Crippen LogP contribution in [0, 0.1) is 0 Å². The minimum atomic E-state index is -0.0166. The molecule has 1 N–H and O–H groups in total. The highest BCUT2D eigenvalue weighted by Crippen LogP contribution is 2.01. The van der Waals surface area contributed by atoms with E-state index in [1.54, 1.807) is 7.05 Å². The fourth-order valence-electron chi connectivity index (χ4n) is 1.10. The fourth-order valence-corrected chi connectivity index (χ4v) is 1.10. The summed E-state index contributed by atoms with van der Waals surface area (Å²) < 4.78 is 0. The van der Waals surface area contributed by atoms with Crippen LogP contribution in [0.1, 0.15) is 32.6 Å². The first-order valence-corrected chi connectivity index (χ1v) is 5.13. The zero-order valence-corrected chi connectivity index (χ0v) is 9.71. The SMILES string of the molecule is CON(C)C(=O)CCCCCNC(C)=O. The van der Waals surface area contributed by atoms with Gasteiger partial charge in [0.1, 0.15) is 0 Å². The summed E-state index contributed by atoms with van der Waals surface area (Å²) in [7, 11) is 3.06. The van der Waals surface area contributed by atoms with Crippen molar-refractivity contribution in [1.29, 1.82) is 0 Å². The molecule has 5 nitrogen and oxygen atoms in total. The van der Waals surface area contributed by atoms with E-state index < -0.39 is 0 Å². The summed E-state index contributed by atoms with van der Waals surface area (Å²) in [6, 6.07) is 0. The van der Waals surface area contributed by atoms with Gasteiger partial charge in [0.25, 0.3) is 0 Å². The van der Waals surface area contributed by atoms with E-state index >= 15 is 0 Å². The lowest BCUT2D eigenvalue weighted by atomic mass is 10.2. The van der Waals surface area contributed by atoms with Crippen molar-refractivity contribution >= 4 is 11.8 Å². The minimum absolute atomic E-state index is 0.00908. The van der Waals surface area contributed by atoms with Crippen LogP contribution in [0.15, 0.2) is 0 Å². The van der Waals surface area contributed by atoms with Crippen molar-refractivity contribution in [3.8, 4) is 0 Å². The Kier molecular flexibility index (Phi) is 7.62. The number of nitrogens with zero attached hydrogens (tertiary/aromatic N) is 1. The van der Waals surface area contributed by atoms with Gasteiger partial charge in [-0.2, -0.15) is 0 Å². The van der Waals surface area contributed by atoms with Gasteiger partial charge >= 0.3 is 0 Å². The van der Waals surface area contributed by atoms with Gasteiger partial charge in [-0.1, -0.05) is 6.42 Å². The lowest BCUT2D eigenvalue weighted by molar-refractivity contribution is -0.168. The number of hydroxylamine groups is 2. The van der Waals surface area contributed by atoms with Gasteiger partial charge < -0.3 is 5.32 Å². The van der Waals surface area contributed by atoms with Crippen molar-refractivity contribution in [3.05, 3.63) is 0 Å². The van der Waals surface area contributed by atoms with E-state index in [1.807, 2.05) is 0 Å². The summed E-state index contributed by atoms with van der Waals surface area (Å²) in [4.78, 5) is 26.5. The van der Waals surface area contributed by atoms with Crippen LogP contribution in [-0.2, 0) is 14.4 Å². The largest absolute Gasteiger partial charge is 0.356 e. The quantitative estimate of drug-likeness (QED) is 0.503. The van der Waals surface area contributed by atoms with Gasteiger partial charge in [-0.05, 0) is 12.8 Å². The Labute approximate surface area is 90.7 Å². The normalized spacial score (nSPS) is 9.80. The highest BCUT2D eigenvalue weighted by molar-refractivity contribution is 5.74. The van der Waals surface area contributed by atoms with Crippen molar-refractivity contribution in [2.75, 3.05) is 20.7 Å². The van der Waals surface area contributed by atoms with E-state index in [0.29, 0.717) is 13.0 Å². The molecule has 0 heterocycles. The van der Waals surface area contributed by atoms with Gasteiger partial charge in [0, 0.05) is 26.9 Å². The lowest BCUT2D eigenvalue weighted by Crippen LogP contribution is -2.25. The summed E-state index contributed by atoms with van der Waals surface area (Å²) >= 11 is 0. The Morgan fingerprint density at radius 3 is 2.47 bits per heavy atom. The first-order valence-electron chi connectivity index (χ1n) is 5.13. The molecule has 0 atom stereocenters. The second-order valence-corrected chi connectivity index (χ2v) is 3.37. The molecular weight excluding hydrogens is 196 g/mol. The Bertz CT molecular complexity index is 207. The summed E-state index contributed by atoms with van der Waals surface area (Å²) in [5.41, 5.74) is 0. The van der Waals surface area contributed by atoms with E-state index in [1.165, 1.54) is 19.1 Å². The summed E-state index contributed by atoms with van der Waals surface area (Å²) in [6.07, 6.45) is 3.16. The molecule has 0 aromatic heterocycles. The highest BCUT2D eigenvalue weighted by atomic mass is 16.7. The molecule has 2 amide bonds. The van der Waals surface area contributed by atoms with Crippen molar-refractivity contribution in [1.82, 2.24) is 10.4 Å². The Hall–Kier alpha value is -1.10. The van der Waals surface area contributed by atoms with Gasteiger partial charge in [0.2, 0.25) is 11.8 Å². The first kappa shape index (κ1) is 13.9. The molecule has 0 saturated carbocycles. The van der Waals surface area contributed by atoms with E-state index in [4.69, 9.17) is 4.84 Å². The smallest absolute Gasteiger partial charge is 0.245 e. The van der Waals surface area contributed by atoms with Crippen molar-refractivity contribution in [3.63, 3.8) is 0 Å². The Morgan fingerprint density at radius 2 is 1.93 bits per heavy atom. The molecule has 0 spiro atoms. The topological polar surface area (TPSA) is 58.6 Å². The first-order chi connectivity index (χ1) is 7.07. The second-order valence-electron chi connectivity index (χ2n) is 3.37. The number of carbonyl (C=O) groups excluding carboxylic acids is 2. The molecule has 0 aliphatic rings. The maximum absolute atomic E-state index is 11.2. The molecule has 0 aromatic rings. The maximum atomic E-state index is 11.2. The van der Waals surface area contributed by atoms with Gasteiger partial charge in [0.15, 0.2) is 0 Å². The number of amides is 2. The predicted molar refractivity (Wildman–Crippen MR) is 56.9 cm³/mol. The molecule has 0 unspecified atom stereocenters. The third kappa shape index (κ3) is 7.93. The molecule has 0 bridgehead atoms. The number of rotatable bonds is 7. The lowest BCUT2D eigenvalue weighted by Gasteiger charge is -2.12. The van der Waals surface area contributed by atoms with E-state index in [-0.39, 0.29) is 11.8 Å². The van der Waals surface area contributed by atoms with Gasteiger partial charge in [-0.3, -0.25) is 14.4 Å². The molecule has 0 fully saturated rings. The number of hydrogen-bond acceptors (Lipinski definition) is 3. The van der Waals surface area contributed by atoms with Gasteiger partial charge in [0.05, 0.1) is 7.11 Å². The van der Waals surface area contributed by atoms with Crippen LogP contribution in [-0.4, -0.2) is 37.6 Å². The molecule has 15 heavy (non-hydrogen) atoms. The average Bonchev–Trinajstić information content (AvgIpc) is 2.21. The standard InChI is InChI=1S/C10H20N2O3/c1-9(13)11-8-6-4-5-7-10(14)12(2)15-3/h4-8H2,1-3H3,(H,11,13). The van der Waals surface area contributed by atoms with Crippen molar-refractivity contribution in [2.24, 2.45) is 0 Å². The average molecular weight is 216 g/mol. The van der Waals surface area contributed by atoms with Crippen LogP contribution in [0.5, 0.6) is 0 Å². The Morgan fingerprint density at radius 1 is 1.27 bits per heavy atom. The van der Waals surface area contributed by atoms with Crippen LogP contribution >= 0.6 is 0 Å². The zero-order valence-electron chi connectivity index (χ0n) is 9.71. The molecule has 88 valence electrons. The van der Waals surface area contributed by atoms with Crippen LogP contribution in [0.3, 0.4) is 0 Å². The van der Waals surface area contributed by atoms with Gasteiger partial charge in [-0.15, -0.1) is 0 Å². The third-order valence-electron chi connectivity index (χ3n) is 2.07. The molecule has 5 heteroatoms. The number of unbranched alkanes of at least 4 members (excludes halogenated alkanes) is 2. The third-order valence-corrected chi connectivity index (χ3v) is 2.07. The van der Waals surface area contributed by atoms with Crippen LogP contribution in [0.4, 0.5) is 0 Å². The maximum Gasteiger partial charge on any atom is 0.245 e. The predicted octanol–water partition coefficient (Wildman–Crippen LogP) is 0.703. The van der Waals surface area contributed by atoms with E-state index in [2.05, 4.69) is 5.32 Å². The highest BCUT2D eigenvalue weighted by Gasteiger charge is 2.06. The molecule has 0 saturated heterocycles.